The average Bonchev–Trinajstić information content (AvgIpc) is 3.11. The number of hydrogen-bond acceptors (Lipinski definition) is 3. The highest BCUT2D eigenvalue weighted by Crippen LogP contribution is 2.29. The quantitative estimate of drug-likeness (QED) is 0.790. The third-order valence-electron chi connectivity index (χ3n) is 4.47. The van der Waals surface area contributed by atoms with E-state index in [1.807, 2.05) is 65.6 Å². The zero-order valence-corrected chi connectivity index (χ0v) is 13.9. The maximum Gasteiger partial charge on any atom is 0.262 e. The molecule has 1 amide bonds. The molecule has 0 saturated carbocycles. The van der Waals surface area contributed by atoms with Crippen molar-refractivity contribution in [2.24, 2.45) is 0 Å². The van der Waals surface area contributed by atoms with E-state index in [0.29, 0.717) is 24.5 Å². The first kappa shape index (κ1) is 15.4. The summed E-state index contributed by atoms with van der Waals surface area (Å²) < 4.78 is 0. The van der Waals surface area contributed by atoms with Crippen LogP contribution in [0.5, 0.6) is 0 Å². The molecule has 4 nitrogen and oxygen atoms in total. The summed E-state index contributed by atoms with van der Waals surface area (Å²) in [6.07, 6.45) is 2.61. The van der Waals surface area contributed by atoms with E-state index in [1.54, 1.807) is 6.20 Å². The Labute approximate surface area is 147 Å². The van der Waals surface area contributed by atoms with Crippen LogP contribution in [-0.2, 0) is 13.0 Å². The molecule has 3 aromatic rings. The number of nitrogens with zero attached hydrogens (tertiary/aromatic N) is 2. The summed E-state index contributed by atoms with van der Waals surface area (Å²) in [7, 11) is 0. The van der Waals surface area contributed by atoms with E-state index in [0.717, 1.165) is 17.7 Å². The van der Waals surface area contributed by atoms with Crippen molar-refractivity contribution in [2.75, 3.05) is 16.8 Å². The molecule has 1 aromatic heterocycles. The second-order valence-electron chi connectivity index (χ2n) is 6.07. The van der Waals surface area contributed by atoms with E-state index in [9.17, 15) is 4.79 Å². The molecule has 25 heavy (non-hydrogen) atoms. The minimum atomic E-state index is -0.00592. The van der Waals surface area contributed by atoms with Gasteiger partial charge in [-0.15, -0.1) is 0 Å². The smallest absolute Gasteiger partial charge is 0.262 e. The number of carbonyl (C=O) groups is 1. The summed E-state index contributed by atoms with van der Waals surface area (Å²) in [4.78, 5) is 19.3. The van der Waals surface area contributed by atoms with Crippen LogP contribution in [0.4, 0.5) is 11.5 Å². The van der Waals surface area contributed by atoms with Crippen LogP contribution >= 0.6 is 0 Å². The van der Waals surface area contributed by atoms with Crippen LogP contribution in [-0.4, -0.2) is 17.4 Å². The normalized spacial score (nSPS) is 12.7. The molecular formula is C21H19N3O. The molecule has 124 valence electrons. The maximum atomic E-state index is 13.1. The van der Waals surface area contributed by atoms with E-state index in [2.05, 4.69) is 16.4 Å². The van der Waals surface area contributed by atoms with Gasteiger partial charge in [0.15, 0.2) is 0 Å². The van der Waals surface area contributed by atoms with Gasteiger partial charge in [0, 0.05) is 25.0 Å². The lowest BCUT2D eigenvalue weighted by Crippen LogP contribution is -2.29. The topological polar surface area (TPSA) is 45.2 Å². The monoisotopic (exact) mass is 329 g/mol. The fourth-order valence-corrected chi connectivity index (χ4v) is 3.19. The summed E-state index contributed by atoms with van der Waals surface area (Å²) in [6, 6.07) is 21.8. The van der Waals surface area contributed by atoms with Crippen molar-refractivity contribution in [2.45, 2.75) is 13.0 Å². The average molecular weight is 329 g/mol. The molecule has 0 aliphatic carbocycles. The third kappa shape index (κ3) is 3.11. The van der Waals surface area contributed by atoms with Gasteiger partial charge in [-0.1, -0.05) is 48.5 Å². The number of nitrogens with one attached hydrogen (secondary N) is 1. The largest absolute Gasteiger partial charge is 0.365 e. The number of carbonyl (C=O) groups excluding carboxylic acids is 1. The Balaban J connectivity index is 1.58. The van der Waals surface area contributed by atoms with E-state index in [4.69, 9.17) is 0 Å². The lowest BCUT2D eigenvalue weighted by Gasteiger charge is -2.19. The van der Waals surface area contributed by atoms with Gasteiger partial charge in [-0.25, -0.2) is 4.98 Å². The number of aromatic nitrogens is 1. The van der Waals surface area contributed by atoms with Gasteiger partial charge < -0.3 is 10.2 Å². The highest BCUT2D eigenvalue weighted by atomic mass is 16.2. The van der Waals surface area contributed by atoms with Crippen LogP contribution in [0.3, 0.4) is 0 Å². The molecule has 0 fully saturated rings. The lowest BCUT2D eigenvalue weighted by atomic mass is 10.1. The number of anilines is 2. The van der Waals surface area contributed by atoms with Gasteiger partial charge in [-0.3, -0.25) is 4.79 Å². The zero-order chi connectivity index (χ0) is 17.1. The SMILES string of the molecule is O=C(c1cccnc1NCc1ccccc1)N1CCc2ccccc21. The Hall–Kier alpha value is -3.14. The van der Waals surface area contributed by atoms with Gasteiger partial charge in [0.2, 0.25) is 0 Å². The Bertz CT molecular complexity index is 892. The molecule has 2 aromatic carbocycles. The number of pyridine rings is 1. The Morgan fingerprint density at radius 2 is 1.80 bits per heavy atom. The van der Waals surface area contributed by atoms with E-state index < -0.39 is 0 Å². The minimum Gasteiger partial charge on any atom is -0.365 e. The van der Waals surface area contributed by atoms with Gasteiger partial charge in [-0.05, 0) is 35.7 Å². The summed E-state index contributed by atoms with van der Waals surface area (Å²) in [6.45, 7) is 1.35. The van der Waals surface area contributed by atoms with Crippen LogP contribution in [0.1, 0.15) is 21.5 Å². The predicted octanol–water partition coefficient (Wildman–Crippen LogP) is 3.90. The fourth-order valence-electron chi connectivity index (χ4n) is 3.19. The molecule has 1 aliphatic heterocycles. The first-order valence-corrected chi connectivity index (χ1v) is 8.45. The summed E-state index contributed by atoms with van der Waals surface area (Å²) in [5.41, 5.74) is 3.98. The number of benzene rings is 2. The fraction of sp³-hybridized carbons (Fsp3) is 0.143. The van der Waals surface area contributed by atoms with Crippen LogP contribution in [0.25, 0.3) is 0 Å². The van der Waals surface area contributed by atoms with Crippen LogP contribution < -0.4 is 10.2 Å². The van der Waals surface area contributed by atoms with Crippen LogP contribution in [0.15, 0.2) is 72.9 Å². The summed E-state index contributed by atoms with van der Waals surface area (Å²) in [5.74, 6) is 0.620. The molecule has 0 saturated heterocycles. The standard InChI is InChI=1S/C21H19N3O/c25-21(24-14-12-17-9-4-5-11-19(17)24)18-10-6-13-22-20(18)23-15-16-7-2-1-3-8-16/h1-11,13H,12,14-15H2,(H,22,23). The highest BCUT2D eigenvalue weighted by molar-refractivity contribution is 6.10. The first-order valence-electron chi connectivity index (χ1n) is 8.45. The van der Waals surface area contributed by atoms with Crippen molar-refractivity contribution in [3.8, 4) is 0 Å². The molecule has 0 atom stereocenters. The highest BCUT2D eigenvalue weighted by Gasteiger charge is 2.26. The molecule has 0 spiro atoms. The Morgan fingerprint density at radius 3 is 2.68 bits per heavy atom. The molecule has 4 heteroatoms. The van der Waals surface area contributed by atoms with E-state index in [1.165, 1.54) is 5.56 Å². The van der Waals surface area contributed by atoms with E-state index in [-0.39, 0.29) is 5.91 Å². The zero-order valence-electron chi connectivity index (χ0n) is 13.9. The van der Waals surface area contributed by atoms with Crippen molar-refractivity contribution < 1.29 is 4.79 Å². The number of para-hydroxylation sites is 1. The molecule has 1 aliphatic rings. The van der Waals surface area contributed by atoms with E-state index >= 15 is 0 Å². The van der Waals surface area contributed by atoms with Crippen molar-refractivity contribution in [3.05, 3.63) is 89.6 Å². The lowest BCUT2D eigenvalue weighted by molar-refractivity contribution is 0.0990. The molecule has 2 heterocycles. The van der Waals surface area contributed by atoms with Crippen molar-refractivity contribution >= 4 is 17.4 Å². The summed E-state index contributed by atoms with van der Waals surface area (Å²) in [5, 5.41) is 3.30. The van der Waals surface area contributed by atoms with Gasteiger partial charge in [-0.2, -0.15) is 0 Å². The number of rotatable bonds is 4. The van der Waals surface area contributed by atoms with Gasteiger partial charge in [0.25, 0.3) is 5.91 Å². The second kappa shape index (κ2) is 6.77. The van der Waals surface area contributed by atoms with Crippen LogP contribution in [0, 0.1) is 0 Å². The number of hydrogen-bond donors (Lipinski definition) is 1. The van der Waals surface area contributed by atoms with Gasteiger partial charge in [0.1, 0.15) is 5.82 Å². The Kier molecular flexibility index (Phi) is 4.17. The minimum absolute atomic E-state index is 0.00592. The molecular weight excluding hydrogens is 310 g/mol. The third-order valence-corrected chi connectivity index (χ3v) is 4.47. The Morgan fingerprint density at radius 1 is 1.00 bits per heavy atom. The number of fused-ring (bicyclic) bond motifs is 1. The molecule has 0 radical (unpaired) electrons. The molecule has 0 unspecified atom stereocenters. The number of amides is 1. The maximum absolute atomic E-state index is 13.1. The molecule has 1 N–H and O–H groups in total. The molecule has 0 bridgehead atoms. The predicted molar refractivity (Wildman–Crippen MR) is 99.8 cm³/mol. The molecule has 4 rings (SSSR count). The van der Waals surface area contributed by atoms with Gasteiger partial charge >= 0.3 is 0 Å². The van der Waals surface area contributed by atoms with Crippen molar-refractivity contribution in [1.82, 2.24) is 4.98 Å². The van der Waals surface area contributed by atoms with Crippen molar-refractivity contribution in [1.29, 1.82) is 0 Å². The first-order chi connectivity index (χ1) is 12.3. The second-order valence-corrected chi connectivity index (χ2v) is 6.07. The van der Waals surface area contributed by atoms with Crippen LogP contribution in [0.2, 0.25) is 0 Å². The van der Waals surface area contributed by atoms with Crippen molar-refractivity contribution in [3.63, 3.8) is 0 Å². The van der Waals surface area contributed by atoms with Gasteiger partial charge in [0.05, 0.1) is 5.56 Å². The summed E-state index contributed by atoms with van der Waals surface area (Å²) >= 11 is 0.